The average molecular weight is 635 g/mol. The van der Waals surface area contributed by atoms with Crippen LogP contribution in [-0.4, -0.2) is 54.9 Å². The minimum absolute atomic E-state index is 0.00986. The number of aromatic nitrogens is 1. The van der Waals surface area contributed by atoms with E-state index >= 15 is 0 Å². The van der Waals surface area contributed by atoms with Gasteiger partial charge in [0.25, 0.3) is 11.8 Å². The van der Waals surface area contributed by atoms with Gasteiger partial charge in [-0.1, -0.05) is 30.3 Å². The summed E-state index contributed by atoms with van der Waals surface area (Å²) in [5.41, 5.74) is 2.34. The van der Waals surface area contributed by atoms with Crippen molar-refractivity contribution in [2.24, 2.45) is 0 Å². The molecular formula is C36H34N4O7. The van der Waals surface area contributed by atoms with E-state index in [4.69, 9.17) is 13.9 Å². The van der Waals surface area contributed by atoms with Crippen LogP contribution >= 0.6 is 0 Å². The molecule has 5 rings (SSSR count). The topological polar surface area (TPSA) is 140 Å². The molecule has 0 saturated carbocycles. The summed E-state index contributed by atoms with van der Waals surface area (Å²) in [6.07, 6.45) is 2.55. The number of hydrogen-bond acceptors (Lipinski definition) is 8. The highest BCUT2D eigenvalue weighted by molar-refractivity contribution is 6.12. The second-order valence-electron chi connectivity index (χ2n) is 10.6. The van der Waals surface area contributed by atoms with E-state index in [0.717, 1.165) is 17.3 Å². The second-order valence-corrected chi connectivity index (χ2v) is 10.6. The molecule has 0 aliphatic heterocycles. The molecule has 2 N–H and O–H groups in total. The highest BCUT2D eigenvalue weighted by atomic mass is 16.5. The summed E-state index contributed by atoms with van der Waals surface area (Å²) >= 11 is 0. The maximum Gasteiger partial charge on any atom is 0.291 e. The Bertz CT molecular complexity index is 1960. The number of hydrogen-bond donors (Lipinski definition) is 2. The first-order chi connectivity index (χ1) is 22.8. The van der Waals surface area contributed by atoms with Crippen LogP contribution in [-0.2, 0) is 17.6 Å². The van der Waals surface area contributed by atoms with Gasteiger partial charge < -0.3 is 29.4 Å². The first kappa shape index (κ1) is 32.4. The Kier molecular flexibility index (Phi) is 10.3. The molecule has 0 aliphatic rings. The SMILES string of the molecule is CCN(CCc1ccc(NC(=O)c2cc(OC)c(OC)cc2NC(=O)c2cc(=O)c3ccccc3o2)cc1)C(=O)Cc1ccccn1. The molecule has 2 aromatic heterocycles. The lowest BCUT2D eigenvalue weighted by Gasteiger charge is -2.21. The quantitative estimate of drug-likeness (QED) is 0.187. The van der Waals surface area contributed by atoms with Gasteiger partial charge in [-0.2, -0.15) is 0 Å². The van der Waals surface area contributed by atoms with Crippen LogP contribution in [0.25, 0.3) is 11.0 Å². The Morgan fingerprint density at radius 2 is 1.57 bits per heavy atom. The minimum Gasteiger partial charge on any atom is -0.493 e. The molecule has 0 aliphatic carbocycles. The van der Waals surface area contributed by atoms with Gasteiger partial charge in [-0.25, -0.2) is 0 Å². The van der Waals surface area contributed by atoms with Crippen LogP contribution in [0, 0.1) is 0 Å². The lowest BCUT2D eigenvalue weighted by molar-refractivity contribution is -0.130. The van der Waals surface area contributed by atoms with Crippen LogP contribution in [0.15, 0.2) is 100 Å². The zero-order valence-electron chi connectivity index (χ0n) is 26.2. The number of pyridine rings is 1. The van der Waals surface area contributed by atoms with Crippen molar-refractivity contribution >= 4 is 40.1 Å². The van der Waals surface area contributed by atoms with Crippen molar-refractivity contribution in [3.63, 3.8) is 0 Å². The van der Waals surface area contributed by atoms with E-state index in [1.54, 1.807) is 47.5 Å². The molecule has 0 bridgehead atoms. The fraction of sp³-hybridized carbons (Fsp3) is 0.194. The van der Waals surface area contributed by atoms with E-state index in [9.17, 15) is 19.2 Å². The largest absolute Gasteiger partial charge is 0.493 e. The standard InChI is InChI=1S/C36H34N4O7/c1-4-40(34(42)19-25-9-7-8-17-37-25)18-16-23-12-14-24(15-13-23)38-35(43)27-20-31(45-2)32(46-3)21-28(27)39-36(44)33-22-29(41)26-10-5-6-11-30(26)47-33/h5-15,17,20-22H,4,16,18-19H2,1-3H3,(H,38,43)(H,39,44). The number of para-hydroxylation sites is 1. The molecular weight excluding hydrogens is 600 g/mol. The van der Waals surface area contributed by atoms with Crippen molar-refractivity contribution in [2.45, 2.75) is 19.8 Å². The highest BCUT2D eigenvalue weighted by Crippen LogP contribution is 2.34. The third-order valence-electron chi connectivity index (χ3n) is 7.55. The molecule has 11 heteroatoms. The maximum atomic E-state index is 13.5. The van der Waals surface area contributed by atoms with Gasteiger partial charge >= 0.3 is 0 Å². The molecule has 0 spiro atoms. The maximum absolute atomic E-state index is 13.5. The fourth-order valence-corrected chi connectivity index (χ4v) is 5.02. The van der Waals surface area contributed by atoms with Crippen LogP contribution in [0.4, 0.5) is 11.4 Å². The average Bonchev–Trinajstić information content (AvgIpc) is 3.09. The first-order valence-electron chi connectivity index (χ1n) is 15.0. The normalized spacial score (nSPS) is 10.7. The summed E-state index contributed by atoms with van der Waals surface area (Å²) in [5, 5.41) is 5.87. The van der Waals surface area contributed by atoms with Crippen molar-refractivity contribution in [1.82, 2.24) is 9.88 Å². The van der Waals surface area contributed by atoms with Crippen molar-refractivity contribution in [2.75, 3.05) is 37.9 Å². The molecule has 47 heavy (non-hydrogen) atoms. The summed E-state index contributed by atoms with van der Waals surface area (Å²) < 4.78 is 16.5. The molecule has 11 nitrogen and oxygen atoms in total. The molecule has 3 amide bonds. The highest BCUT2D eigenvalue weighted by Gasteiger charge is 2.21. The Balaban J connectivity index is 1.29. The van der Waals surface area contributed by atoms with Crippen LogP contribution in [0.2, 0.25) is 0 Å². The van der Waals surface area contributed by atoms with E-state index in [1.807, 2.05) is 37.3 Å². The number of amides is 3. The summed E-state index contributed by atoms with van der Waals surface area (Å²) in [4.78, 5) is 58.1. The molecule has 240 valence electrons. The van der Waals surface area contributed by atoms with Crippen LogP contribution in [0.5, 0.6) is 11.5 Å². The number of methoxy groups -OCH3 is 2. The lowest BCUT2D eigenvalue weighted by atomic mass is 10.1. The monoisotopic (exact) mass is 634 g/mol. The van der Waals surface area contributed by atoms with Crippen molar-refractivity contribution < 1.29 is 28.3 Å². The van der Waals surface area contributed by atoms with Gasteiger partial charge in [0, 0.05) is 42.8 Å². The molecule has 0 fully saturated rings. The number of nitrogens with one attached hydrogen (secondary N) is 2. The van der Waals surface area contributed by atoms with E-state index in [2.05, 4.69) is 15.6 Å². The van der Waals surface area contributed by atoms with Crippen LogP contribution in [0.1, 0.15) is 39.1 Å². The van der Waals surface area contributed by atoms with E-state index < -0.39 is 11.8 Å². The predicted octanol–water partition coefficient (Wildman–Crippen LogP) is 5.34. The molecule has 5 aromatic rings. The number of benzene rings is 3. The van der Waals surface area contributed by atoms with E-state index in [0.29, 0.717) is 30.6 Å². The number of fused-ring (bicyclic) bond motifs is 1. The summed E-state index contributed by atoms with van der Waals surface area (Å²) in [7, 11) is 2.87. The Morgan fingerprint density at radius 3 is 2.28 bits per heavy atom. The zero-order valence-corrected chi connectivity index (χ0v) is 26.2. The predicted molar refractivity (Wildman–Crippen MR) is 178 cm³/mol. The van der Waals surface area contributed by atoms with Crippen molar-refractivity contribution in [3.05, 3.63) is 124 Å². The van der Waals surface area contributed by atoms with Crippen molar-refractivity contribution in [1.29, 1.82) is 0 Å². The van der Waals surface area contributed by atoms with Crippen LogP contribution in [0.3, 0.4) is 0 Å². The van der Waals surface area contributed by atoms with Gasteiger partial charge in [0.15, 0.2) is 22.7 Å². The summed E-state index contributed by atoms with van der Waals surface area (Å²) in [5.74, 6) is -0.893. The summed E-state index contributed by atoms with van der Waals surface area (Å²) in [6.45, 7) is 3.06. The first-order valence-corrected chi connectivity index (χ1v) is 15.0. The second kappa shape index (κ2) is 14.9. The van der Waals surface area contributed by atoms with Gasteiger partial charge in [-0.15, -0.1) is 0 Å². The number of anilines is 2. The zero-order chi connectivity index (χ0) is 33.3. The van der Waals surface area contributed by atoms with E-state index in [-0.39, 0.29) is 51.8 Å². The summed E-state index contributed by atoms with van der Waals surface area (Å²) in [6, 6.07) is 23.4. The van der Waals surface area contributed by atoms with E-state index in [1.165, 1.54) is 26.4 Å². The third kappa shape index (κ3) is 7.82. The number of carbonyl (C=O) groups excluding carboxylic acids is 3. The number of nitrogens with zero attached hydrogens (tertiary/aromatic N) is 2. The number of likely N-dealkylation sites (N-methyl/N-ethyl adjacent to an activating group) is 1. The molecule has 0 radical (unpaired) electrons. The molecule has 3 aromatic carbocycles. The van der Waals surface area contributed by atoms with Gasteiger partial charge in [0.1, 0.15) is 5.58 Å². The number of carbonyl (C=O) groups is 3. The lowest BCUT2D eigenvalue weighted by Crippen LogP contribution is -2.34. The number of rotatable bonds is 12. The Hall–Kier alpha value is -5.97. The fourth-order valence-electron chi connectivity index (χ4n) is 5.02. The molecule has 0 atom stereocenters. The molecule has 0 unspecified atom stereocenters. The van der Waals surface area contributed by atoms with Gasteiger partial charge in [-0.05, 0) is 61.4 Å². The minimum atomic E-state index is -0.724. The molecule has 0 saturated heterocycles. The smallest absolute Gasteiger partial charge is 0.291 e. The molecule has 2 heterocycles. The Labute approximate surface area is 271 Å². The van der Waals surface area contributed by atoms with Crippen molar-refractivity contribution in [3.8, 4) is 11.5 Å². The Morgan fingerprint density at radius 1 is 0.851 bits per heavy atom. The van der Waals surface area contributed by atoms with Gasteiger partial charge in [0.05, 0.1) is 37.3 Å². The number of ether oxygens (including phenoxy) is 2. The van der Waals surface area contributed by atoms with Gasteiger partial charge in [0.2, 0.25) is 5.91 Å². The van der Waals surface area contributed by atoms with Crippen LogP contribution < -0.4 is 25.5 Å². The third-order valence-corrected chi connectivity index (χ3v) is 7.55. The van der Waals surface area contributed by atoms with Gasteiger partial charge in [-0.3, -0.25) is 24.2 Å².